The second kappa shape index (κ2) is 5.26. The molecule has 0 heterocycles. The molecule has 0 saturated carbocycles. The van der Waals surface area contributed by atoms with Crippen LogP contribution >= 0.6 is 23.2 Å². The number of nitrogens with one attached hydrogen (secondary N) is 1. The molecule has 0 bridgehead atoms. The van der Waals surface area contributed by atoms with Gasteiger partial charge in [0.05, 0.1) is 16.3 Å². The molecule has 0 atom stereocenters. The molecule has 90 valence electrons. The summed E-state index contributed by atoms with van der Waals surface area (Å²) in [5.41, 5.74) is 1.07. The zero-order valence-electron chi connectivity index (χ0n) is 9.05. The SMILES string of the molecule is N#Cc1ccc(Nc2cc(Cl)ccc2Cl)cc1F. The molecule has 0 amide bonds. The highest BCUT2D eigenvalue weighted by molar-refractivity contribution is 6.35. The quantitative estimate of drug-likeness (QED) is 0.862. The fourth-order valence-electron chi connectivity index (χ4n) is 1.43. The lowest BCUT2D eigenvalue weighted by Gasteiger charge is -2.09. The molecule has 2 aromatic rings. The first-order chi connectivity index (χ1) is 8.60. The Hall–Kier alpha value is -1.76. The van der Waals surface area contributed by atoms with Crippen LogP contribution in [0.5, 0.6) is 0 Å². The molecule has 0 unspecified atom stereocenters. The van der Waals surface area contributed by atoms with Crippen molar-refractivity contribution in [2.45, 2.75) is 0 Å². The van der Waals surface area contributed by atoms with E-state index in [1.807, 2.05) is 0 Å². The van der Waals surface area contributed by atoms with Gasteiger partial charge in [-0.2, -0.15) is 5.26 Å². The standard InChI is InChI=1S/C13H7Cl2FN2/c14-9-2-4-11(15)13(5-9)18-10-3-1-8(7-17)12(16)6-10/h1-6,18H. The maximum absolute atomic E-state index is 13.4. The minimum Gasteiger partial charge on any atom is -0.354 e. The Kier molecular flexibility index (Phi) is 3.71. The zero-order chi connectivity index (χ0) is 13.1. The van der Waals surface area contributed by atoms with Crippen molar-refractivity contribution in [3.8, 4) is 6.07 Å². The highest BCUT2D eigenvalue weighted by Gasteiger charge is 2.05. The van der Waals surface area contributed by atoms with Gasteiger partial charge in [0.25, 0.3) is 0 Å². The van der Waals surface area contributed by atoms with Crippen LogP contribution in [0.4, 0.5) is 15.8 Å². The predicted octanol–water partition coefficient (Wildman–Crippen LogP) is 4.75. The van der Waals surface area contributed by atoms with E-state index in [-0.39, 0.29) is 5.56 Å². The molecular weight excluding hydrogens is 274 g/mol. The lowest BCUT2D eigenvalue weighted by atomic mass is 10.2. The number of hydrogen-bond donors (Lipinski definition) is 1. The monoisotopic (exact) mass is 280 g/mol. The van der Waals surface area contributed by atoms with Crippen molar-refractivity contribution >= 4 is 34.6 Å². The van der Waals surface area contributed by atoms with Gasteiger partial charge < -0.3 is 5.32 Å². The minimum absolute atomic E-state index is 0.00209. The summed E-state index contributed by atoms with van der Waals surface area (Å²) in [7, 11) is 0. The van der Waals surface area contributed by atoms with E-state index in [2.05, 4.69) is 5.32 Å². The van der Waals surface area contributed by atoms with Crippen LogP contribution in [0, 0.1) is 17.1 Å². The molecule has 18 heavy (non-hydrogen) atoms. The van der Waals surface area contributed by atoms with E-state index in [0.717, 1.165) is 0 Å². The number of halogens is 3. The lowest BCUT2D eigenvalue weighted by molar-refractivity contribution is 0.624. The van der Waals surface area contributed by atoms with Gasteiger partial charge in [-0.25, -0.2) is 4.39 Å². The number of hydrogen-bond acceptors (Lipinski definition) is 2. The highest BCUT2D eigenvalue weighted by Crippen LogP contribution is 2.28. The number of rotatable bonds is 2. The third-order valence-corrected chi connectivity index (χ3v) is 2.86. The Morgan fingerprint density at radius 2 is 1.89 bits per heavy atom. The average Bonchev–Trinajstić information content (AvgIpc) is 2.34. The van der Waals surface area contributed by atoms with E-state index in [9.17, 15) is 4.39 Å². The highest BCUT2D eigenvalue weighted by atomic mass is 35.5. The summed E-state index contributed by atoms with van der Waals surface area (Å²) in [6, 6.07) is 10.9. The maximum Gasteiger partial charge on any atom is 0.143 e. The maximum atomic E-state index is 13.4. The molecule has 2 rings (SSSR count). The largest absolute Gasteiger partial charge is 0.354 e. The molecule has 0 saturated heterocycles. The van der Waals surface area contributed by atoms with Crippen molar-refractivity contribution in [2.24, 2.45) is 0 Å². The summed E-state index contributed by atoms with van der Waals surface area (Å²) >= 11 is 11.8. The topological polar surface area (TPSA) is 35.8 Å². The summed E-state index contributed by atoms with van der Waals surface area (Å²) in [5.74, 6) is -0.583. The third kappa shape index (κ3) is 2.73. The second-order valence-electron chi connectivity index (χ2n) is 3.56. The first-order valence-corrected chi connectivity index (χ1v) is 5.77. The molecule has 2 aromatic carbocycles. The van der Waals surface area contributed by atoms with E-state index in [4.69, 9.17) is 28.5 Å². The van der Waals surface area contributed by atoms with E-state index in [1.165, 1.54) is 12.1 Å². The molecule has 0 aliphatic rings. The minimum atomic E-state index is -0.583. The van der Waals surface area contributed by atoms with Crippen LogP contribution in [0.15, 0.2) is 36.4 Å². The normalized spacial score (nSPS) is 9.89. The summed E-state index contributed by atoms with van der Waals surface area (Å²) in [5, 5.41) is 12.6. The van der Waals surface area contributed by atoms with Crippen LogP contribution in [-0.4, -0.2) is 0 Å². The van der Waals surface area contributed by atoms with Gasteiger partial charge in [-0.1, -0.05) is 23.2 Å². The van der Waals surface area contributed by atoms with Gasteiger partial charge in [0.1, 0.15) is 11.9 Å². The first-order valence-electron chi connectivity index (χ1n) is 5.02. The van der Waals surface area contributed by atoms with Crippen molar-refractivity contribution in [1.82, 2.24) is 0 Å². The molecule has 0 aliphatic carbocycles. The predicted molar refractivity (Wildman–Crippen MR) is 70.9 cm³/mol. The van der Waals surface area contributed by atoms with Gasteiger partial charge in [-0.05, 0) is 36.4 Å². The van der Waals surface area contributed by atoms with Gasteiger partial charge in [-0.3, -0.25) is 0 Å². The molecule has 2 nitrogen and oxygen atoms in total. The second-order valence-corrected chi connectivity index (χ2v) is 4.40. The summed E-state index contributed by atoms with van der Waals surface area (Å²) < 4.78 is 13.4. The van der Waals surface area contributed by atoms with Crippen molar-refractivity contribution in [2.75, 3.05) is 5.32 Å². The fourth-order valence-corrected chi connectivity index (χ4v) is 1.77. The third-order valence-electron chi connectivity index (χ3n) is 2.30. The number of benzene rings is 2. The molecule has 0 fully saturated rings. The Morgan fingerprint density at radius 1 is 1.11 bits per heavy atom. The van der Waals surface area contributed by atoms with Gasteiger partial charge in [0, 0.05) is 10.7 Å². The number of anilines is 2. The van der Waals surface area contributed by atoms with E-state index < -0.39 is 5.82 Å². The van der Waals surface area contributed by atoms with Gasteiger partial charge in [0.15, 0.2) is 0 Å². The molecule has 0 aliphatic heterocycles. The molecule has 0 aromatic heterocycles. The Bertz CT molecular complexity index is 635. The summed E-state index contributed by atoms with van der Waals surface area (Å²) in [6.45, 7) is 0. The van der Waals surface area contributed by atoms with Crippen LogP contribution < -0.4 is 5.32 Å². The average molecular weight is 281 g/mol. The van der Waals surface area contributed by atoms with E-state index >= 15 is 0 Å². The zero-order valence-corrected chi connectivity index (χ0v) is 10.6. The summed E-state index contributed by atoms with van der Waals surface area (Å²) in [4.78, 5) is 0. The van der Waals surface area contributed by atoms with Crippen molar-refractivity contribution in [3.05, 3.63) is 57.8 Å². The molecule has 0 radical (unpaired) electrons. The fraction of sp³-hybridized carbons (Fsp3) is 0. The van der Waals surface area contributed by atoms with E-state index in [0.29, 0.717) is 21.4 Å². The van der Waals surface area contributed by atoms with Gasteiger partial charge in [-0.15, -0.1) is 0 Å². The van der Waals surface area contributed by atoms with Crippen LogP contribution in [0.1, 0.15) is 5.56 Å². The van der Waals surface area contributed by atoms with Crippen molar-refractivity contribution < 1.29 is 4.39 Å². The molecule has 1 N–H and O–H groups in total. The molecule has 0 spiro atoms. The smallest absolute Gasteiger partial charge is 0.143 e. The van der Waals surface area contributed by atoms with Gasteiger partial charge in [0.2, 0.25) is 0 Å². The van der Waals surface area contributed by atoms with Crippen LogP contribution in [-0.2, 0) is 0 Å². The van der Waals surface area contributed by atoms with Crippen molar-refractivity contribution in [3.63, 3.8) is 0 Å². The number of nitriles is 1. The lowest BCUT2D eigenvalue weighted by Crippen LogP contribution is -1.93. The Labute approximate surface area is 114 Å². The first kappa shape index (κ1) is 12.7. The van der Waals surface area contributed by atoms with Crippen LogP contribution in [0.25, 0.3) is 0 Å². The van der Waals surface area contributed by atoms with Gasteiger partial charge >= 0.3 is 0 Å². The van der Waals surface area contributed by atoms with E-state index in [1.54, 1.807) is 30.3 Å². The van der Waals surface area contributed by atoms with Crippen LogP contribution in [0.3, 0.4) is 0 Å². The molecular formula is C13H7Cl2FN2. The van der Waals surface area contributed by atoms with Crippen molar-refractivity contribution in [1.29, 1.82) is 5.26 Å². The van der Waals surface area contributed by atoms with Crippen LogP contribution in [0.2, 0.25) is 10.0 Å². The molecule has 5 heteroatoms. The number of nitrogens with zero attached hydrogens (tertiary/aromatic N) is 1. The summed E-state index contributed by atoms with van der Waals surface area (Å²) in [6.07, 6.45) is 0. The Balaban J connectivity index is 2.32. The Morgan fingerprint density at radius 3 is 2.56 bits per heavy atom.